The number of halogens is 1. The van der Waals surface area contributed by atoms with E-state index in [4.69, 9.17) is 11.6 Å². The molecule has 0 N–H and O–H groups in total. The van der Waals surface area contributed by atoms with Crippen molar-refractivity contribution in [2.75, 3.05) is 7.05 Å². The van der Waals surface area contributed by atoms with E-state index >= 15 is 0 Å². The first-order valence-electron chi connectivity index (χ1n) is 5.92. The number of nitrogens with zero attached hydrogens (tertiary/aromatic N) is 3. The van der Waals surface area contributed by atoms with Crippen molar-refractivity contribution in [2.24, 2.45) is 0 Å². The molecule has 0 bridgehead atoms. The average molecular weight is 296 g/mol. The molecule has 2 aromatic rings. The molecule has 1 aromatic heterocycles. The van der Waals surface area contributed by atoms with Crippen LogP contribution in [0, 0.1) is 0 Å². The third kappa shape index (κ3) is 3.52. The van der Waals surface area contributed by atoms with Crippen molar-refractivity contribution < 1.29 is 4.79 Å². The predicted octanol–water partition coefficient (Wildman–Crippen LogP) is 3.03. The van der Waals surface area contributed by atoms with E-state index in [9.17, 15) is 4.79 Å². The number of amides is 1. The number of aryl methyl sites for hydroxylation is 1. The molecule has 0 aliphatic heterocycles. The number of hydrogen-bond acceptors (Lipinski definition) is 4. The minimum absolute atomic E-state index is 0.163. The largest absolute Gasteiger partial charge is 0.335 e. The van der Waals surface area contributed by atoms with Crippen LogP contribution in [0.3, 0.4) is 0 Å². The van der Waals surface area contributed by atoms with Gasteiger partial charge >= 0.3 is 0 Å². The molecule has 1 aromatic carbocycles. The first-order chi connectivity index (χ1) is 9.10. The second-order valence-electron chi connectivity index (χ2n) is 4.19. The van der Waals surface area contributed by atoms with Crippen molar-refractivity contribution in [1.29, 1.82) is 0 Å². The fraction of sp³-hybridized carbons (Fsp3) is 0.308. The van der Waals surface area contributed by atoms with Gasteiger partial charge in [0.15, 0.2) is 0 Å². The highest BCUT2D eigenvalue weighted by atomic mass is 35.5. The zero-order chi connectivity index (χ0) is 13.8. The molecule has 4 nitrogen and oxygen atoms in total. The molecule has 100 valence electrons. The second kappa shape index (κ2) is 6.12. The smallest absolute Gasteiger partial charge is 0.284 e. The molecule has 0 fully saturated rings. The van der Waals surface area contributed by atoms with Crippen molar-refractivity contribution in [3.8, 4) is 0 Å². The normalized spacial score (nSPS) is 10.5. The van der Waals surface area contributed by atoms with Crippen LogP contribution in [0.4, 0.5) is 0 Å². The first kappa shape index (κ1) is 14.0. The summed E-state index contributed by atoms with van der Waals surface area (Å²) in [7, 11) is 1.74. The maximum absolute atomic E-state index is 12.1. The van der Waals surface area contributed by atoms with E-state index in [0.717, 1.165) is 23.3 Å². The highest BCUT2D eigenvalue weighted by molar-refractivity contribution is 7.17. The van der Waals surface area contributed by atoms with Crippen LogP contribution < -0.4 is 0 Å². The molecular formula is C13H14ClN3OS. The van der Waals surface area contributed by atoms with Gasteiger partial charge in [0.25, 0.3) is 5.91 Å². The summed E-state index contributed by atoms with van der Waals surface area (Å²) >= 11 is 6.77. The summed E-state index contributed by atoms with van der Waals surface area (Å²) in [6.07, 6.45) is 1.01. The van der Waals surface area contributed by atoms with Gasteiger partial charge < -0.3 is 4.90 Å². The number of rotatable bonds is 4. The van der Waals surface area contributed by atoms with Gasteiger partial charge in [0, 0.05) is 13.6 Å². The van der Waals surface area contributed by atoms with E-state index in [1.807, 2.05) is 12.1 Å². The quantitative estimate of drug-likeness (QED) is 0.871. The van der Waals surface area contributed by atoms with Gasteiger partial charge in [0.05, 0.1) is 0 Å². The van der Waals surface area contributed by atoms with Crippen LogP contribution in [0.25, 0.3) is 0 Å². The van der Waals surface area contributed by atoms with Crippen molar-refractivity contribution in [1.82, 2.24) is 15.1 Å². The van der Waals surface area contributed by atoms with Gasteiger partial charge in [-0.15, -0.1) is 10.2 Å². The standard InChI is InChI=1S/C13H14ClN3OS/c1-3-9-4-6-10(7-5-9)8-17(2)12(18)11-15-16-13(14)19-11/h4-7H,3,8H2,1-2H3. The molecule has 6 heteroatoms. The molecule has 0 atom stereocenters. The summed E-state index contributed by atoms with van der Waals surface area (Å²) in [6.45, 7) is 2.66. The maximum atomic E-state index is 12.1. The Bertz CT molecular complexity index is 568. The molecule has 0 unspecified atom stereocenters. The summed E-state index contributed by atoms with van der Waals surface area (Å²) in [5.41, 5.74) is 2.37. The average Bonchev–Trinajstić information content (AvgIpc) is 2.85. The Balaban J connectivity index is 2.03. The van der Waals surface area contributed by atoms with E-state index in [1.165, 1.54) is 5.56 Å². The van der Waals surface area contributed by atoms with Crippen molar-refractivity contribution in [2.45, 2.75) is 19.9 Å². The Hall–Kier alpha value is -1.46. The summed E-state index contributed by atoms with van der Waals surface area (Å²) in [5, 5.41) is 7.70. The number of benzene rings is 1. The minimum Gasteiger partial charge on any atom is -0.335 e. The highest BCUT2D eigenvalue weighted by Gasteiger charge is 2.16. The second-order valence-corrected chi connectivity index (χ2v) is 5.75. The van der Waals surface area contributed by atoms with Crippen molar-refractivity contribution in [3.63, 3.8) is 0 Å². The fourth-order valence-corrected chi connectivity index (χ4v) is 2.50. The molecule has 0 saturated carbocycles. The SMILES string of the molecule is CCc1ccc(CN(C)C(=O)c2nnc(Cl)s2)cc1. The highest BCUT2D eigenvalue weighted by Crippen LogP contribution is 2.17. The molecule has 0 aliphatic carbocycles. The minimum atomic E-state index is -0.163. The molecule has 1 amide bonds. The van der Waals surface area contributed by atoms with Crippen LogP contribution >= 0.6 is 22.9 Å². The molecule has 1 heterocycles. The molecular weight excluding hydrogens is 282 g/mol. The van der Waals surface area contributed by atoms with E-state index in [0.29, 0.717) is 11.6 Å². The number of carbonyl (C=O) groups is 1. The van der Waals surface area contributed by atoms with Crippen molar-refractivity contribution >= 4 is 28.8 Å². The Morgan fingerprint density at radius 1 is 1.26 bits per heavy atom. The Labute approximate surface area is 121 Å². The summed E-state index contributed by atoms with van der Waals surface area (Å²) in [5.74, 6) is -0.163. The van der Waals surface area contributed by atoms with Gasteiger partial charge in [0.1, 0.15) is 0 Å². The fourth-order valence-electron chi connectivity index (χ4n) is 1.68. The lowest BCUT2D eigenvalue weighted by Crippen LogP contribution is -2.26. The third-order valence-electron chi connectivity index (χ3n) is 2.78. The van der Waals surface area contributed by atoms with Gasteiger partial charge in [0.2, 0.25) is 9.47 Å². The van der Waals surface area contributed by atoms with Gasteiger partial charge in [-0.3, -0.25) is 4.79 Å². The topological polar surface area (TPSA) is 46.1 Å². The third-order valence-corrected chi connectivity index (χ3v) is 3.79. The Morgan fingerprint density at radius 3 is 2.42 bits per heavy atom. The van der Waals surface area contributed by atoms with Crippen LogP contribution in [-0.4, -0.2) is 28.1 Å². The summed E-state index contributed by atoms with van der Waals surface area (Å²) in [4.78, 5) is 13.7. The van der Waals surface area contributed by atoms with Gasteiger partial charge in [-0.05, 0) is 29.1 Å². The van der Waals surface area contributed by atoms with Crippen LogP contribution in [0.2, 0.25) is 4.47 Å². The van der Waals surface area contributed by atoms with E-state index in [1.54, 1.807) is 11.9 Å². The molecule has 0 spiro atoms. The number of carbonyl (C=O) groups excluding carboxylic acids is 1. The number of aromatic nitrogens is 2. The molecule has 0 aliphatic rings. The van der Waals surface area contributed by atoms with E-state index < -0.39 is 0 Å². The molecule has 0 saturated heterocycles. The monoisotopic (exact) mass is 295 g/mol. The zero-order valence-electron chi connectivity index (χ0n) is 10.8. The van der Waals surface area contributed by atoms with E-state index in [-0.39, 0.29) is 10.4 Å². The Kier molecular flexibility index (Phi) is 4.50. The van der Waals surface area contributed by atoms with Gasteiger partial charge in [-0.1, -0.05) is 42.5 Å². The van der Waals surface area contributed by atoms with Crippen molar-refractivity contribution in [3.05, 3.63) is 44.9 Å². The lowest BCUT2D eigenvalue weighted by molar-refractivity contribution is 0.0784. The van der Waals surface area contributed by atoms with Crippen LogP contribution in [0.5, 0.6) is 0 Å². The lowest BCUT2D eigenvalue weighted by Gasteiger charge is -2.15. The molecule has 19 heavy (non-hydrogen) atoms. The van der Waals surface area contributed by atoms with Crippen LogP contribution in [0.15, 0.2) is 24.3 Å². The number of hydrogen-bond donors (Lipinski definition) is 0. The predicted molar refractivity (Wildman–Crippen MR) is 76.5 cm³/mol. The zero-order valence-corrected chi connectivity index (χ0v) is 12.3. The van der Waals surface area contributed by atoms with Crippen LogP contribution in [-0.2, 0) is 13.0 Å². The Morgan fingerprint density at radius 2 is 1.89 bits per heavy atom. The maximum Gasteiger partial charge on any atom is 0.284 e. The molecule has 0 radical (unpaired) electrons. The first-order valence-corrected chi connectivity index (χ1v) is 7.12. The summed E-state index contributed by atoms with van der Waals surface area (Å²) < 4.78 is 0.282. The van der Waals surface area contributed by atoms with Crippen LogP contribution in [0.1, 0.15) is 27.9 Å². The van der Waals surface area contributed by atoms with E-state index in [2.05, 4.69) is 29.3 Å². The molecule has 2 rings (SSSR count). The summed E-state index contributed by atoms with van der Waals surface area (Å²) in [6, 6.07) is 8.23. The lowest BCUT2D eigenvalue weighted by atomic mass is 10.1. The van der Waals surface area contributed by atoms with Gasteiger partial charge in [-0.25, -0.2) is 0 Å². The van der Waals surface area contributed by atoms with Gasteiger partial charge in [-0.2, -0.15) is 0 Å².